The molecule has 0 saturated heterocycles. The zero-order valence-corrected chi connectivity index (χ0v) is 18.2. The Bertz CT molecular complexity index is 821. The molecule has 29 heavy (non-hydrogen) atoms. The summed E-state index contributed by atoms with van der Waals surface area (Å²) in [5.74, 6) is 0.454. The monoisotopic (exact) mass is 416 g/mol. The smallest absolute Gasteiger partial charge is 0.243 e. The molecule has 1 atom stereocenters. The highest BCUT2D eigenvalue weighted by molar-refractivity contribution is 6.31. The lowest BCUT2D eigenvalue weighted by atomic mass is 10.1. The van der Waals surface area contributed by atoms with Gasteiger partial charge in [-0.05, 0) is 49.6 Å². The number of benzene rings is 2. The fourth-order valence-corrected chi connectivity index (χ4v) is 3.34. The third-order valence-electron chi connectivity index (χ3n) is 4.63. The molecule has 0 aliphatic rings. The Labute approximate surface area is 178 Å². The van der Waals surface area contributed by atoms with Crippen molar-refractivity contribution in [3.63, 3.8) is 0 Å². The van der Waals surface area contributed by atoms with E-state index in [9.17, 15) is 9.59 Å². The molecule has 0 radical (unpaired) electrons. The number of nitrogens with one attached hydrogen (secondary N) is 1. The molecule has 0 aromatic heterocycles. The van der Waals surface area contributed by atoms with Crippen LogP contribution in [0.3, 0.4) is 0 Å². The number of halogens is 1. The average Bonchev–Trinajstić information content (AvgIpc) is 2.69. The Hall–Kier alpha value is -2.53. The average molecular weight is 417 g/mol. The molecule has 156 valence electrons. The van der Waals surface area contributed by atoms with Crippen LogP contribution in [0.2, 0.25) is 5.02 Å². The third-order valence-corrected chi connectivity index (χ3v) is 5.00. The zero-order chi connectivity index (χ0) is 21.4. The van der Waals surface area contributed by atoms with Crippen molar-refractivity contribution >= 4 is 23.4 Å². The lowest BCUT2D eigenvalue weighted by Crippen LogP contribution is -2.50. The van der Waals surface area contributed by atoms with E-state index < -0.39 is 6.04 Å². The van der Waals surface area contributed by atoms with Crippen LogP contribution < -0.4 is 10.1 Å². The molecule has 0 saturated carbocycles. The summed E-state index contributed by atoms with van der Waals surface area (Å²) >= 11 is 6.25. The Morgan fingerprint density at radius 1 is 1.10 bits per heavy atom. The van der Waals surface area contributed by atoms with E-state index in [-0.39, 0.29) is 24.3 Å². The first kappa shape index (κ1) is 22.8. The van der Waals surface area contributed by atoms with Gasteiger partial charge >= 0.3 is 0 Å². The summed E-state index contributed by atoms with van der Waals surface area (Å²) in [4.78, 5) is 27.7. The van der Waals surface area contributed by atoms with Gasteiger partial charge in [0, 0.05) is 17.6 Å². The molecule has 0 fully saturated rings. The zero-order valence-electron chi connectivity index (χ0n) is 17.4. The molecule has 0 aliphatic carbocycles. The van der Waals surface area contributed by atoms with E-state index in [1.807, 2.05) is 63.2 Å². The Morgan fingerprint density at radius 2 is 1.76 bits per heavy atom. The van der Waals surface area contributed by atoms with Gasteiger partial charge in [-0.15, -0.1) is 0 Å². The molecule has 6 heteroatoms. The summed E-state index contributed by atoms with van der Waals surface area (Å²) in [6.07, 6.45) is 0.657. The van der Waals surface area contributed by atoms with Crippen LogP contribution in [-0.4, -0.2) is 35.9 Å². The van der Waals surface area contributed by atoms with Gasteiger partial charge in [-0.3, -0.25) is 9.59 Å². The quantitative estimate of drug-likeness (QED) is 0.665. The highest BCUT2D eigenvalue weighted by Crippen LogP contribution is 2.20. The number of carbonyl (C=O) groups is 2. The predicted molar refractivity (Wildman–Crippen MR) is 116 cm³/mol. The van der Waals surface area contributed by atoms with E-state index in [1.165, 1.54) is 0 Å². The third kappa shape index (κ3) is 6.50. The van der Waals surface area contributed by atoms with Crippen molar-refractivity contribution in [2.45, 2.75) is 52.2 Å². The van der Waals surface area contributed by atoms with Crippen molar-refractivity contribution in [2.24, 2.45) is 0 Å². The van der Waals surface area contributed by atoms with Crippen LogP contribution in [0.25, 0.3) is 0 Å². The number of amides is 2. The number of rotatable bonds is 9. The Morgan fingerprint density at radius 3 is 2.31 bits per heavy atom. The minimum Gasteiger partial charge on any atom is -0.497 e. The minimum absolute atomic E-state index is 0.00180. The highest BCUT2D eigenvalue weighted by atomic mass is 35.5. The standard InChI is InChI=1S/C23H29ClN2O3/c1-5-21(23(28)25-16(2)3)26(15-17-10-12-19(29-4)13-11-17)22(27)14-18-8-6-7-9-20(18)24/h6-13,16,21H,5,14-15H2,1-4H3,(H,25,28)/t21-/m0/s1. The van der Waals surface area contributed by atoms with Gasteiger partial charge in [0.2, 0.25) is 11.8 Å². The first-order chi connectivity index (χ1) is 13.8. The fourth-order valence-electron chi connectivity index (χ4n) is 3.13. The van der Waals surface area contributed by atoms with Crippen molar-refractivity contribution in [1.29, 1.82) is 0 Å². The van der Waals surface area contributed by atoms with E-state index >= 15 is 0 Å². The normalized spacial score (nSPS) is 11.8. The van der Waals surface area contributed by atoms with Crippen molar-refractivity contribution < 1.29 is 14.3 Å². The second-order valence-electron chi connectivity index (χ2n) is 7.23. The minimum atomic E-state index is -0.561. The number of carbonyl (C=O) groups excluding carboxylic acids is 2. The van der Waals surface area contributed by atoms with Crippen LogP contribution in [-0.2, 0) is 22.6 Å². The van der Waals surface area contributed by atoms with Gasteiger partial charge < -0.3 is 15.0 Å². The number of ether oxygens (including phenoxy) is 1. The molecule has 1 N–H and O–H groups in total. The SMILES string of the molecule is CC[C@@H](C(=O)NC(C)C)N(Cc1ccc(OC)cc1)C(=O)Cc1ccccc1Cl. The summed E-state index contributed by atoms with van der Waals surface area (Å²) in [6.45, 7) is 6.06. The molecular formula is C23H29ClN2O3. The van der Waals surface area contributed by atoms with Crippen molar-refractivity contribution in [1.82, 2.24) is 10.2 Å². The first-order valence-electron chi connectivity index (χ1n) is 9.81. The fraction of sp³-hybridized carbons (Fsp3) is 0.391. The number of hydrogen-bond acceptors (Lipinski definition) is 3. The van der Waals surface area contributed by atoms with E-state index in [0.717, 1.165) is 16.9 Å². The predicted octanol–water partition coefficient (Wildman–Crippen LogP) is 4.22. The maximum absolute atomic E-state index is 13.2. The van der Waals surface area contributed by atoms with Gasteiger partial charge in [0.1, 0.15) is 11.8 Å². The topological polar surface area (TPSA) is 58.6 Å². The van der Waals surface area contributed by atoms with Gasteiger partial charge in [0.25, 0.3) is 0 Å². The molecule has 2 aromatic carbocycles. The van der Waals surface area contributed by atoms with Crippen molar-refractivity contribution in [3.05, 3.63) is 64.7 Å². The summed E-state index contributed by atoms with van der Waals surface area (Å²) < 4.78 is 5.21. The summed E-state index contributed by atoms with van der Waals surface area (Å²) in [7, 11) is 1.61. The van der Waals surface area contributed by atoms with Crippen LogP contribution in [0.15, 0.2) is 48.5 Å². The van der Waals surface area contributed by atoms with Crippen LogP contribution >= 0.6 is 11.6 Å². The number of nitrogens with zero attached hydrogens (tertiary/aromatic N) is 1. The second kappa shape index (κ2) is 10.9. The Kier molecular flexibility index (Phi) is 8.52. The number of hydrogen-bond donors (Lipinski definition) is 1. The van der Waals surface area contributed by atoms with Crippen molar-refractivity contribution in [2.75, 3.05) is 7.11 Å². The number of methoxy groups -OCH3 is 1. The Balaban J connectivity index is 2.30. The van der Waals surface area contributed by atoms with Crippen molar-refractivity contribution in [3.8, 4) is 5.75 Å². The largest absolute Gasteiger partial charge is 0.497 e. The highest BCUT2D eigenvalue weighted by Gasteiger charge is 2.29. The molecule has 0 heterocycles. The molecule has 0 aliphatic heterocycles. The second-order valence-corrected chi connectivity index (χ2v) is 7.63. The molecule has 0 bridgehead atoms. The van der Waals surface area contributed by atoms with Gasteiger partial charge in [-0.25, -0.2) is 0 Å². The molecule has 2 rings (SSSR count). The molecule has 5 nitrogen and oxygen atoms in total. The van der Waals surface area contributed by atoms with Crippen LogP contribution in [0, 0.1) is 0 Å². The maximum Gasteiger partial charge on any atom is 0.243 e. The van der Waals surface area contributed by atoms with Crippen LogP contribution in [0.4, 0.5) is 0 Å². The summed E-state index contributed by atoms with van der Waals surface area (Å²) in [5, 5.41) is 3.48. The van der Waals surface area contributed by atoms with Gasteiger partial charge in [-0.1, -0.05) is 48.9 Å². The van der Waals surface area contributed by atoms with E-state index in [0.29, 0.717) is 18.0 Å². The molecule has 0 spiro atoms. The molecule has 0 unspecified atom stereocenters. The van der Waals surface area contributed by atoms with Crippen LogP contribution in [0.1, 0.15) is 38.3 Å². The summed E-state index contributed by atoms with van der Waals surface area (Å²) in [5.41, 5.74) is 1.67. The van der Waals surface area contributed by atoms with Crippen LogP contribution in [0.5, 0.6) is 5.75 Å². The molecule has 2 aromatic rings. The molecular weight excluding hydrogens is 388 g/mol. The summed E-state index contributed by atoms with van der Waals surface area (Å²) in [6, 6.07) is 14.2. The van der Waals surface area contributed by atoms with Gasteiger partial charge in [0.15, 0.2) is 0 Å². The maximum atomic E-state index is 13.2. The molecule has 2 amide bonds. The van der Waals surface area contributed by atoms with Gasteiger partial charge in [0.05, 0.1) is 13.5 Å². The lowest BCUT2D eigenvalue weighted by Gasteiger charge is -2.31. The first-order valence-corrected chi connectivity index (χ1v) is 10.2. The van der Waals surface area contributed by atoms with Gasteiger partial charge in [-0.2, -0.15) is 0 Å². The van der Waals surface area contributed by atoms with E-state index in [1.54, 1.807) is 18.1 Å². The lowest BCUT2D eigenvalue weighted by molar-refractivity contribution is -0.141. The van der Waals surface area contributed by atoms with E-state index in [4.69, 9.17) is 16.3 Å². The van der Waals surface area contributed by atoms with E-state index in [2.05, 4.69) is 5.32 Å².